The number of hydrogen-bond acceptors (Lipinski definition) is 5. The van der Waals surface area contributed by atoms with Gasteiger partial charge in [-0.3, -0.25) is 9.59 Å². The topological polar surface area (TPSA) is 64.0 Å². The lowest BCUT2D eigenvalue weighted by molar-refractivity contribution is -0.128. The molecule has 0 N–H and O–H groups in total. The summed E-state index contributed by atoms with van der Waals surface area (Å²) in [5.41, 5.74) is 5.10. The van der Waals surface area contributed by atoms with Gasteiger partial charge in [0.25, 0.3) is 5.91 Å². The number of nitrogens with zero attached hydrogens (tertiary/aromatic N) is 3. The Balaban J connectivity index is 1.60. The van der Waals surface area contributed by atoms with Gasteiger partial charge in [-0.05, 0) is 61.9 Å². The van der Waals surface area contributed by atoms with Crippen LogP contribution >= 0.6 is 11.3 Å². The molecule has 36 heavy (non-hydrogen) atoms. The molecule has 190 valence electrons. The minimum atomic E-state index is 0.0128. The highest BCUT2D eigenvalue weighted by molar-refractivity contribution is 7.13. The van der Waals surface area contributed by atoms with Crippen molar-refractivity contribution < 1.29 is 19.1 Å². The summed E-state index contributed by atoms with van der Waals surface area (Å²) in [6, 6.07) is 10.4. The van der Waals surface area contributed by atoms with E-state index in [0.29, 0.717) is 37.6 Å². The van der Waals surface area contributed by atoms with Gasteiger partial charge in [0.1, 0.15) is 5.69 Å². The molecule has 0 atom stereocenters. The summed E-state index contributed by atoms with van der Waals surface area (Å²) < 4.78 is 13.9. The molecule has 0 bridgehead atoms. The Kier molecular flexibility index (Phi) is 6.79. The lowest BCUT2D eigenvalue weighted by atomic mass is 9.95. The van der Waals surface area contributed by atoms with Gasteiger partial charge >= 0.3 is 0 Å². The maximum atomic E-state index is 13.9. The highest BCUT2D eigenvalue weighted by atomic mass is 32.1. The zero-order valence-electron chi connectivity index (χ0n) is 21.4. The summed E-state index contributed by atoms with van der Waals surface area (Å²) >= 11 is 1.68. The Morgan fingerprint density at radius 1 is 0.972 bits per heavy atom. The number of rotatable bonds is 5. The molecule has 1 saturated heterocycles. The molecule has 2 amide bonds. The van der Waals surface area contributed by atoms with Crippen LogP contribution in [-0.2, 0) is 17.8 Å². The molecule has 5 rings (SSSR count). The number of carbonyl (C=O) groups is 2. The van der Waals surface area contributed by atoms with E-state index in [1.54, 1.807) is 25.4 Å². The number of benzene rings is 1. The molecule has 2 aliphatic heterocycles. The van der Waals surface area contributed by atoms with Crippen molar-refractivity contribution in [2.75, 3.05) is 33.3 Å². The van der Waals surface area contributed by atoms with E-state index in [1.165, 1.54) is 5.56 Å². The van der Waals surface area contributed by atoms with Crippen LogP contribution in [0.25, 0.3) is 21.7 Å². The van der Waals surface area contributed by atoms with E-state index < -0.39 is 0 Å². The maximum absolute atomic E-state index is 13.9. The van der Waals surface area contributed by atoms with Crippen molar-refractivity contribution >= 4 is 23.2 Å². The Hall–Kier alpha value is -3.26. The molecule has 0 spiro atoms. The first-order chi connectivity index (χ1) is 17.4. The third kappa shape index (κ3) is 4.50. The first-order valence-electron chi connectivity index (χ1n) is 12.6. The van der Waals surface area contributed by atoms with Gasteiger partial charge in [-0.15, -0.1) is 11.3 Å². The van der Waals surface area contributed by atoms with Crippen molar-refractivity contribution in [3.63, 3.8) is 0 Å². The largest absolute Gasteiger partial charge is 0.493 e. The highest BCUT2D eigenvalue weighted by Crippen LogP contribution is 2.45. The van der Waals surface area contributed by atoms with Crippen molar-refractivity contribution in [2.24, 2.45) is 0 Å². The van der Waals surface area contributed by atoms with Crippen LogP contribution in [0.15, 0.2) is 35.7 Å². The quantitative estimate of drug-likeness (QED) is 0.491. The SMILES string of the molecule is COc1cc2c(cc1OC(C)C)-c1c(-c3cccs3)cc(C(=O)N3CCCN(C(C)=O)CC3)n1CC2. The van der Waals surface area contributed by atoms with Crippen LogP contribution in [-0.4, -0.2) is 65.6 Å². The third-order valence-electron chi connectivity index (χ3n) is 6.94. The van der Waals surface area contributed by atoms with E-state index in [9.17, 15) is 9.59 Å². The van der Waals surface area contributed by atoms with Crippen molar-refractivity contribution in [2.45, 2.75) is 46.3 Å². The third-order valence-corrected chi connectivity index (χ3v) is 7.85. The molecule has 7 nitrogen and oxygen atoms in total. The zero-order valence-corrected chi connectivity index (χ0v) is 22.2. The molecule has 0 unspecified atom stereocenters. The van der Waals surface area contributed by atoms with E-state index in [0.717, 1.165) is 46.8 Å². The fraction of sp³-hybridized carbons (Fsp3) is 0.429. The second kappa shape index (κ2) is 10.0. The number of ether oxygens (including phenoxy) is 2. The summed E-state index contributed by atoms with van der Waals surface area (Å²) in [7, 11) is 1.67. The normalized spacial score (nSPS) is 15.4. The number of thiophene rings is 1. The fourth-order valence-electron chi connectivity index (χ4n) is 5.23. The minimum Gasteiger partial charge on any atom is -0.493 e. The van der Waals surface area contributed by atoms with Crippen molar-refractivity contribution in [3.05, 3.63) is 47.0 Å². The molecular weight excluding hydrogens is 474 g/mol. The van der Waals surface area contributed by atoms with Gasteiger partial charge in [-0.2, -0.15) is 0 Å². The number of aryl methyl sites for hydroxylation is 1. The summed E-state index contributed by atoms with van der Waals surface area (Å²) in [6.45, 7) is 8.79. The molecule has 4 heterocycles. The van der Waals surface area contributed by atoms with Crippen LogP contribution in [0.2, 0.25) is 0 Å². The molecule has 0 aliphatic carbocycles. The average molecular weight is 508 g/mol. The number of hydrogen-bond donors (Lipinski definition) is 0. The predicted octanol–water partition coefficient (Wildman–Crippen LogP) is 4.93. The predicted molar refractivity (Wildman–Crippen MR) is 142 cm³/mol. The van der Waals surface area contributed by atoms with Gasteiger partial charge in [-0.25, -0.2) is 0 Å². The summed E-state index contributed by atoms with van der Waals surface area (Å²) in [6.07, 6.45) is 1.60. The number of amides is 2. The lowest BCUT2D eigenvalue weighted by Crippen LogP contribution is -2.37. The van der Waals surface area contributed by atoms with Gasteiger partial charge in [0.15, 0.2) is 11.5 Å². The van der Waals surface area contributed by atoms with E-state index in [1.807, 2.05) is 29.7 Å². The van der Waals surface area contributed by atoms with E-state index >= 15 is 0 Å². The Labute approximate surface area is 216 Å². The molecule has 2 aliphatic rings. The molecule has 0 radical (unpaired) electrons. The van der Waals surface area contributed by atoms with Gasteiger partial charge in [-0.1, -0.05) is 6.07 Å². The average Bonchev–Trinajstić information content (AvgIpc) is 3.44. The molecule has 2 aromatic heterocycles. The summed E-state index contributed by atoms with van der Waals surface area (Å²) in [4.78, 5) is 30.6. The molecule has 3 aromatic rings. The Bertz CT molecular complexity index is 1280. The van der Waals surface area contributed by atoms with Gasteiger partial charge < -0.3 is 23.8 Å². The molecule has 1 aromatic carbocycles. The second-order valence-corrected chi connectivity index (χ2v) is 10.6. The highest BCUT2D eigenvalue weighted by Gasteiger charge is 2.31. The van der Waals surface area contributed by atoms with Crippen LogP contribution in [0.3, 0.4) is 0 Å². The summed E-state index contributed by atoms with van der Waals surface area (Å²) in [5.74, 6) is 1.54. The molecular formula is C28H33N3O4S. The minimum absolute atomic E-state index is 0.0128. The number of methoxy groups -OCH3 is 1. The smallest absolute Gasteiger partial charge is 0.270 e. The van der Waals surface area contributed by atoms with Gasteiger partial charge in [0.2, 0.25) is 5.91 Å². The van der Waals surface area contributed by atoms with E-state index in [4.69, 9.17) is 9.47 Å². The molecule has 8 heteroatoms. The van der Waals surface area contributed by atoms with Crippen LogP contribution in [0.5, 0.6) is 11.5 Å². The first-order valence-corrected chi connectivity index (χ1v) is 13.5. The number of carbonyl (C=O) groups excluding carboxylic acids is 2. The van der Waals surface area contributed by atoms with Crippen LogP contribution < -0.4 is 9.47 Å². The lowest BCUT2D eigenvalue weighted by Gasteiger charge is -2.26. The van der Waals surface area contributed by atoms with E-state index in [2.05, 4.69) is 34.2 Å². The van der Waals surface area contributed by atoms with Crippen molar-refractivity contribution in [1.82, 2.24) is 14.4 Å². The van der Waals surface area contributed by atoms with Crippen LogP contribution in [0, 0.1) is 0 Å². The first kappa shape index (κ1) is 24.4. The Morgan fingerprint density at radius 2 is 1.75 bits per heavy atom. The fourth-order valence-corrected chi connectivity index (χ4v) is 5.98. The summed E-state index contributed by atoms with van der Waals surface area (Å²) in [5, 5.41) is 2.07. The van der Waals surface area contributed by atoms with E-state index in [-0.39, 0.29) is 17.9 Å². The second-order valence-electron chi connectivity index (χ2n) is 9.65. The zero-order chi connectivity index (χ0) is 25.4. The number of fused-ring (bicyclic) bond motifs is 3. The number of aromatic nitrogens is 1. The van der Waals surface area contributed by atoms with Gasteiger partial charge in [0, 0.05) is 55.7 Å². The van der Waals surface area contributed by atoms with Crippen molar-refractivity contribution in [3.8, 4) is 33.2 Å². The molecule has 1 fully saturated rings. The van der Waals surface area contributed by atoms with Gasteiger partial charge in [0.05, 0.1) is 18.9 Å². The maximum Gasteiger partial charge on any atom is 0.270 e. The van der Waals surface area contributed by atoms with Crippen LogP contribution in [0.1, 0.15) is 43.2 Å². The van der Waals surface area contributed by atoms with Crippen molar-refractivity contribution in [1.29, 1.82) is 0 Å². The monoisotopic (exact) mass is 507 g/mol. The Morgan fingerprint density at radius 3 is 2.44 bits per heavy atom. The standard InChI is InChI=1S/C28H33N3O4S/c1-18(2)35-25-17-21-20(15-24(25)34-4)8-11-31-23(16-22(27(21)31)26-7-5-14-36-26)28(33)30-10-6-9-29(12-13-30)19(3)32/h5,7,14-18H,6,8-13H2,1-4H3. The van der Waals surface area contributed by atoms with Crippen LogP contribution in [0.4, 0.5) is 0 Å². The molecule has 0 saturated carbocycles.